The van der Waals surface area contributed by atoms with E-state index in [2.05, 4.69) is 26.8 Å². The molecule has 2 N–H and O–H groups in total. The second kappa shape index (κ2) is 7.02. The van der Waals surface area contributed by atoms with Crippen LogP contribution in [-0.4, -0.2) is 28.5 Å². The fourth-order valence-electron chi connectivity index (χ4n) is 2.23. The first-order chi connectivity index (χ1) is 10.1. The first-order valence-corrected chi connectivity index (χ1v) is 7.34. The lowest BCUT2D eigenvalue weighted by molar-refractivity contribution is 0.802. The van der Waals surface area contributed by atoms with E-state index in [0.29, 0.717) is 5.82 Å². The van der Waals surface area contributed by atoms with Crippen molar-refractivity contribution in [2.24, 2.45) is 0 Å². The molecule has 0 bridgehead atoms. The van der Waals surface area contributed by atoms with E-state index in [0.717, 1.165) is 43.0 Å². The minimum absolute atomic E-state index is 0.583. The smallest absolute Gasteiger partial charge is 0.137 e. The number of nitrogen functional groups attached to an aromatic ring is 1. The Hall–Kier alpha value is -2.17. The molecular formula is C16H23N5. The van der Waals surface area contributed by atoms with Crippen LogP contribution in [0.4, 0.5) is 11.6 Å². The topological polar surface area (TPSA) is 67.9 Å². The maximum absolute atomic E-state index is 6.01. The summed E-state index contributed by atoms with van der Waals surface area (Å²) in [6.07, 6.45) is 6.47. The van der Waals surface area contributed by atoms with Crippen LogP contribution in [0.1, 0.15) is 30.3 Å². The van der Waals surface area contributed by atoms with E-state index in [1.54, 1.807) is 0 Å². The van der Waals surface area contributed by atoms with Crippen molar-refractivity contribution in [3.8, 4) is 0 Å². The predicted octanol–water partition coefficient (Wildman–Crippen LogP) is 2.39. The number of rotatable bonds is 6. The van der Waals surface area contributed by atoms with Gasteiger partial charge in [0.05, 0.1) is 0 Å². The molecular weight excluding hydrogens is 262 g/mol. The van der Waals surface area contributed by atoms with Gasteiger partial charge in [-0.05, 0) is 37.5 Å². The van der Waals surface area contributed by atoms with E-state index in [-0.39, 0.29) is 0 Å². The third-order valence-electron chi connectivity index (χ3n) is 3.52. The average molecular weight is 285 g/mol. The molecule has 0 saturated heterocycles. The van der Waals surface area contributed by atoms with Gasteiger partial charge in [-0.25, -0.2) is 9.97 Å². The quantitative estimate of drug-likeness (QED) is 0.882. The Morgan fingerprint density at radius 3 is 2.52 bits per heavy atom. The van der Waals surface area contributed by atoms with Gasteiger partial charge in [0.1, 0.15) is 17.5 Å². The molecule has 0 aromatic carbocycles. The fraction of sp³-hybridized carbons (Fsp3) is 0.438. The number of aromatic nitrogens is 3. The van der Waals surface area contributed by atoms with Crippen LogP contribution in [-0.2, 0) is 12.8 Å². The molecule has 2 rings (SSSR count). The van der Waals surface area contributed by atoms with E-state index in [9.17, 15) is 0 Å². The second-order valence-corrected chi connectivity index (χ2v) is 5.25. The highest BCUT2D eigenvalue weighted by molar-refractivity contribution is 5.56. The predicted molar refractivity (Wildman–Crippen MR) is 86.4 cm³/mol. The van der Waals surface area contributed by atoms with Crippen molar-refractivity contribution < 1.29 is 0 Å². The first-order valence-electron chi connectivity index (χ1n) is 7.34. The number of pyridine rings is 1. The molecule has 0 fully saturated rings. The number of nitrogens with zero attached hydrogens (tertiary/aromatic N) is 4. The molecule has 2 heterocycles. The number of anilines is 2. The number of hydrogen-bond donors (Lipinski definition) is 1. The molecule has 0 spiro atoms. The number of hydrogen-bond acceptors (Lipinski definition) is 5. The van der Waals surface area contributed by atoms with E-state index in [1.807, 2.05) is 38.5 Å². The standard InChI is InChI=1S/C16H23N5/c1-4-5-14-19-15(17)12(2)16(20-14)21(3)11-8-13-6-9-18-10-7-13/h6-7,9-10H,4-5,8,11H2,1-3H3,(H2,17,19,20). The molecule has 0 amide bonds. The highest BCUT2D eigenvalue weighted by atomic mass is 15.2. The number of aryl methyl sites for hydroxylation is 1. The van der Waals surface area contributed by atoms with Gasteiger partial charge >= 0.3 is 0 Å². The normalized spacial score (nSPS) is 10.6. The van der Waals surface area contributed by atoms with Crippen LogP contribution in [0.3, 0.4) is 0 Å². The van der Waals surface area contributed by atoms with Gasteiger partial charge in [-0.2, -0.15) is 0 Å². The van der Waals surface area contributed by atoms with Gasteiger partial charge in [0, 0.05) is 38.0 Å². The SMILES string of the molecule is CCCc1nc(N)c(C)c(N(C)CCc2ccncc2)n1. The molecule has 0 atom stereocenters. The zero-order valence-electron chi connectivity index (χ0n) is 13.0. The Kier molecular flexibility index (Phi) is 5.09. The van der Waals surface area contributed by atoms with Crippen molar-refractivity contribution in [1.82, 2.24) is 15.0 Å². The number of nitrogens with two attached hydrogens (primary N) is 1. The van der Waals surface area contributed by atoms with Gasteiger partial charge in [0.25, 0.3) is 0 Å². The Bertz CT molecular complexity index is 583. The lowest BCUT2D eigenvalue weighted by atomic mass is 10.2. The zero-order chi connectivity index (χ0) is 15.2. The summed E-state index contributed by atoms with van der Waals surface area (Å²) in [7, 11) is 2.05. The van der Waals surface area contributed by atoms with Gasteiger partial charge in [0.2, 0.25) is 0 Å². The van der Waals surface area contributed by atoms with Gasteiger partial charge in [0.15, 0.2) is 0 Å². The van der Waals surface area contributed by atoms with Gasteiger partial charge in [-0.15, -0.1) is 0 Å². The summed E-state index contributed by atoms with van der Waals surface area (Å²) in [4.78, 5) is 15.2. The van der Waals surface area contributed by atoms with E-state index < -0.39 is 0 Å². The van der Waals surface area contributed by atoms with Crippen LogP contribution in [0.5, 0.6) is 0 Å². The molecule has 5 nitrogen and oxygen atoms in total. The van der Waals surface area contributed by atoms with E-state index in [1.165, 1.54) is 5.56 Å². The maximum atomic E-state index is 6.01. The Balaban J connectivity index is 2.12. The van der Waals surface area contributed by atoms with Crippen LogP contribution >= 0.6 is 0 Å². The molecule has 112 valence electrons. The third-order valence-corrected chi connectivity index (χ3v) is 3.52. The molecule has 21 heavy (non-hydrogen) atoms. The van der Waals surface area contributed by atoms with Gasteiger partial charge in [-0.3, -0.25) is 4.98 Å². The van der Waals surface area contributed by atoms with Crippen molar-refractivity contribution in [3.63, 3.8) is 0 Å². The maximum Gasteiger partial charge on any atom is 0.137 e. The zero-order valence-corrected chi connectivity index (χ0v) is 13.0. The molecule has 0 radical (unpaired) electrons. The summed E-state index contributed by atoms with van der Waals surface area (Å²) >= 11 is 0. The van der Waals surface area contributed by atoms with Crippen LogP contribution in [0.2, 0.25) is 0 Å². The molecule has 0 saturated carbocycles. The van der Waals surface area contributed by atoms with Crippen molar-refractivity contribution in [2.45, 2.75) is 33.1 Å². The third kappa shape index (κ3) is 3.90. The summed E-state index contributed by atoms with van der Waals surface area (Å²) < 4.78 is 0. The fourth-order valence-corrected chi connectivity index (χ4v) is 2.23. The van der Waals surface area contributed by atoms with Crippen molar-refractivity contribution in [2.75, 3.05) is 24.2 Å². The van der Waals surface area contributed by atoms with Gasteiger partial charge in [-0.1, -0.05) is 6.92 Å². The highest BCUT2D eigenvalue weighted by Gasteiger charge is 2.12. The summed E-state index contributed by atoms with van der Waals surface area (Å²) in [5, 5.41) is 0. The molecule has 2 aromatic rings. The van der Waals surface area contributed by atoms with Crippen molar-refractivity contribution in [1.29, 1.82) is 0 Å². The van der Waals surface area contributed by atoms with Gasteiger partial charge < -0.3 is 10.6 Å². The van der Waals surface area contributed by atoms with Crippen molar-refractivity contribution in [3.05, 3.63) is 41.5 Å². The van der Waals surface area contributed by atoms with E-state index >= 15 is 0 Å². The monoisotopic (exact) mass is 285 g/mol. The van der Waals surface area contributed by atoms with Crippen LogP contribution in [0, 0.1) is 6.92 Å². The summed E-state index contributed by atoms with van der Waals surface area (Å²) in [5.74, 6) is 2.34. The Labute approximate surface area is 126 Å². The summed E-state index contributed by atoms with van der Waals surface area (Å²) in [5.41, 5.74) is 8.23. The molecule has 0 aliphatic rings. The lowest BCUT2D eigenvalue weighted by Gasteiger charge is -2.21. The largest absolute Gasteiger partial charge is 0.383 e. The minimum atomic E-state index is 0.583. The van der Waals surface area contributed by atoms with Crippen LogP contribution in [0.25, 0.3) is 0 Å². The molecule has 0 aliphatic carbocycles. The molecule has 5 heteroatoms. The molecule has 2 aromatic heterocycles. The Morgan fingerprint density at radius 2 is 1.86 bits per heavy atom. The number of likely N-dealkylation sites (N-methyl/N-ethyl adjacent to an activating group) is 1. The summed E-state index contributed by atoms with van der Waals surface area (Å²) in [6.45, 7) is 4.97. The van der Waals surface area contributed by atoms with Crippen LogP contribution < -0.4 is 10.6 Å². The average Bonchev–Trinajstić information content (AvgIpc) is 2.49. The molecule has 0 aliphatic heterocycles. The van der Waals surface area contributed by atoms with Crippen LogP contribution in [0.15, 0.2) is 24.5 Å². The Morgan fingerprint density at radius 1 is 1.14 bits per heavy atom. The lowest BCUT2D eigenvalue weighted by Crippen LogP contribution is -2.24. The van der Waals surface area contributed by atoms with Crippen molar-refractivity contribution >= 4 is 11.6 Å². The van der Waals surface area contributed by atoms with E-state index in [4.69, 9.17) is 5.73 Å². The molecule has 0 unspecified atom stereocenters. The second-order valence-electron chi connectivity index (χ2n) is 5.25. The highest BCUT2D eigenvalue weighted by Crippen LogP contribution is 2.21. The first kappa shape index (κ1) is 15.2. The summed E-state index contributed by atoms with van der Waals surface area (Å²) in [6, 6.07) is 4.08. The minimum Gasteiger partial charge on any atom is -0.383 e.